The Morgan fingerprint density at radius 3 is 2.68 bits per heavy atom. The maximum atomic E-state index is 12.1. The van der Waals surface area contributed by atoms with E-state index in [0.717, 1.165) is 0 Å². The Balaban J connectivity index is 2.98. The first-order valence-electron chi connectivity index (χ1n) is 5.49. The molecule has 1 rings (SSSR count). The van der Waals surface area contributed by atoms with Crippen LogP contribution in [0.1, 0.15) is 12.5 Å². The lowest BCUT2D eigenvalue weighted by Gasteiger charge is -2.11. The van der Waals surface area contributed by atoms with Crippen molar-refractivity contribution in [3.63, 3.8) is 0 Å². The van der Waals surface area contributed by atoms with Gasteiger partial charge >= 0.3 is 5.97 Å². The number of halogens is 1. The van der Waals surface area contributed by atoms with Gasteiger partial charge in [-0.25, -0.2) is 8.42 Å². The third kappa shape index (κ3) is 4.19. The summed E-state index contributed by atoms with van der Waals surface area (Å²) in [7, 11) is -3.81. The number of carbonyl (C=O) groups is 1. The van der Waals surface area contributed by atoms with E-state index in [2.05, 4.69) is 25.4 Å². The molecule has 0 aliphatic carbocycles. The summed E-state index contributed by atoms with van der Waals surface area (Å²) in [4.78, 5) is 11.2. The Bertz CT molecular complexity index is 587. The van der Waals surface area contributed by atoms with Gasteiger partial charge in [0.1, 0.15) is 6.54 Å². The molecule has 0 bridgehead atoms. The minimum atomic E-state index is -3.81. The number of hydrogen-bond acceptors (Lipinski definition) is 5. The first-order valence-corrected chi connectivity index (χ1v) is 7.76. The molecular weight excluding hydrogens is 336 g/mol. The van der Waals surface area contributed by atoms with Crippen molar-refractivity contribution >= 4 is 37.6 Å². The fourth-order valence-corrected chi connectivity index (χ4v) is 3.29. The number of anilines is 1. The molecule has 0 saturated carbocycles. The standard InChI is InChI=1S/C11H15BrN2O4S/c1-3-18-11(15)6-14-19(16,17)10-5-8(12)4-9(13)7(10)2/h4-5,14H,3,6,13H2,1-2H3. The smallest absolute Gasteiger partial charge is 0.321 e. The van der Waals surface area contributed by atoms with Gasteiger partial charge < -0.3 is 10.5 Å². The fourth-order valence-electron chi connectivity index (χ4n) is 1.40. The third-order valence-electron chi connectivity index (χ3n) is 2.37. The molecule has 0 fully saturated rings. The van der Waals surface area contributed by atoms with Crippen molar-refractivity contribution in [2.45, 2.75) is 18.7 Å². The van der Waals surface area contributed by atoms with E-state index in [1.54, 1.807) is 19.9 Å². The SMILES string of the molecule is CCOC(=O)CNS(=O)(=O)c1cc(Br)cc(N)c1C. The molecule has 1 aromatic rings. The summed E-state index contributed by atoms with van der Waals surface area (Å²) in [6, 6.07) is 3.04. The summed E-state index contributed by atoms with van der Waals surface area (Å²) in [5, 5.41) is 0. The monoisotopic (exact) mass is 350 g/mol. The van der Waals surface area contributed by atoms with Gasteiger partial charge in [0.25, 0.3) is 0 Å². The lowest BCUT2D eigenvalue weighted by Crippen LogP contribution is -2.31. The van der Waals surface area contributed by atoms with Crippen LogP contribution in [0, 0.1) is 6.92 Å². The van der Waals surface area contributed by atoms with E-state index in [1.165, 1.54) is 6.07 Å². The van der Waals surface area contributed by atoms with Crippen LogP contribution in [0.2, 0.25) is 0 Å². The van der Waals surface area contributed by atoms with Crippen LogP contribution in [0.5, 0.6) is 0 Å². The van der Waals surface area contributed by atoms with Gasteiger partial charge in [-0.05, 0) is 31.5 Å². The maximum absolute atomic E-state index is 12.1. The molecule has 0 atom stereocenters. The van der Waals surface area contributed by atoms with Crippen LogP contribution < -0.4 is 10.5 Å². The largest absolute Gasteiger partial charge is 0.465 e. The molecule has 106 valence electrons. The van der Waals surface area contributed by atoms with Gasteiger partial charge in [-0.15, -0.1) is 0 Å². The van der Waals surface area contributed by atoms with Crippen molar-refractivity contribution in [1.82, 2.24) is 4.72 Å². The van der Waals surface area contributed by atoms with Crippen molar-refractivity contribution in [3.05, 3.63) is 22.2 Å². The number of sulfonamides is 1. The molecule has 0 radical (unpaired) electrons. The van der Waals surface area contributed by atoms with Crippen LogP contribution >= 0.6 is 15.9 Å². The molecule has 0 amide bonds. The van der Waals surface area contributed by atoms with E-state index in [1.807, 2.05) is 0 Å². The Labute approximate surface area is 120 Å². The van der Waals surface area contributed by atoms with E-state index in [9.17, 15) is 13.2 Å². The maximum Gasteiger partial charge on any atom is 0.321 e. The molecule has 8 heteroatoms. The van der Waals surface area contributed by atoms with Crippen LogP contribution in [-0.2, 0) is 19.6 Å². The van der Waals surface area contributed by atoms with Crippen molar-refractivity contribution in [1.29, 1.82) is 0 Å². The van der Waals surface area contributed by atoms with Crippen molar-refractivity contribution < 1.29 is 17.9 Å². The Hall–Kier alpha value is -1.12. The second-order valence-electron chi connectivity index (χ2n) is 3.75. The summed E-state index contributed by atoms with van der Waals surface area (Å²) < 4.78 is 31.5. The van der Waals surface area contributed by atoms with Crippen LogP contribution in [-0.4, -0.2) is 27.5 Å². The number of hydrogen-bond donors (Lipinski definition) is 2. The number of nitrogen functional groups attached to an aromatic ring is 1. The Morgan fingerprint density at radius 2 is 2.11 bits per heavy atom. The van der Waals surface area contributed by atoms with Gasteiger partial charge in [-0.2, -0.15) is 4.72 Å². The third-order valence-corrected chi connectivity index (χ3v) is 4.35. The van der Waals surface area contributed by atoms with E-state index < -0.39 is 22.5 Å². The average molecular weight is 351 g/mol. The zero-order valence-corrected chi connectivity index (χ0v) is 13.0. The van der Waals surface area contributed by atoms with Gasteiger partial charge in [0.15, 0.2) is 0 Å². The van der Waals surface area contributed by atoms with Gasteiger partial charge in [-0.3, -0.25) is 4.79 Å². The lowest BCUT2D eigenvalue weighted by molar-refractivity contribution is -0.141. The highest BCUT2D eigenvalue weighted by atomic mass is 79.9. The van der Waals surface area contributed by atoms with Gasteiger partial charge in [-0.1, -0.05) is 15.9 Å². The number of carbonyl (C=O) groups excluding carboxylic acids is 1. The molecule has 0 aliphatic heterocycles. The van der Waals surface area contributed by atoms with Crippen LogP contribution in [0.4, 0.5) is 5.69 Å². The van der Waals surface area contributed by atoms with E-state index in [0.29, 0.717) is 15.7 Å². The van der Waals surface area contributed by atoms with Crippen molar-refractivity contribution in [2.75, 3.05) is 18.9 Å². The van der Waals surface area contributed by atoms with Crippen LogP contribution in [0.25, 0.3) is 0 Å². The zero-order chi connectivity index (χ0) is 14.6. The normalized spacial score (nSPS) is 11.3. The summed E-state index contributed by atoms with van der Waals surface area (Å²) in [6.07, 6.45) is 0. The summed E-state index contributed by atoms with van der Waals surface area (Å²) >= 11 is 3.18. The summed E-state index contributed by atoms with van der Waals surface area (Å²) in [5.41, 5.74) is 6.49. The van der Waals surface area contributed by atoms with E-state index in [4.69, 9.17) is 5.73 Å². The van der Waals surface area contributed by atoms with E-state index in [-0.39, 0.29) is 11.5 Å². The number of ether oxygens (including phenoxy) is 1. The predicted octanol–water partition coefficient (Wildman–Crippen LogP) is 1.18. The van der Waals surface area contributed by atoms with Crippen LogP contribution in [0.15, 0.2) is 21.5 Å². The molecular formula is C11H15BrN2O4S. The molecule has 0 aromatic heterocycles. The first kappa shape index (κ1) is 15.9. The van der Waals surface area contributed by atoms with Crippen molar-refractivity contribution in [3.8, 4) is 0 Å². The fraction of sp³-hybridized carbons (Fsp3) is 0.364. The van der Waals surface area contributed by atoms with E-state index >= 15 is 0 Å². The summed E-state index contributed by atoms with van der Waals surface area (Å²) in [6.45, 7) is 3.03. The number of nitrogens with one attached hydrogen (secondary N) is 1. The molecule has 3 N–H and O–H groups in total. The number of rotatable bonds is 5. The minimum absolute atomic E-state index is 0.0312. The number of benzene rings is 1. The van der Waals surface area contributed by atoms with Gasteiger partial charge in [0.05, 0.1) is 11.5 Å². The predicted molar refractivity (Wildman–Crippen MR) is 75.1 cm³/mol. The Morgan fingerprint density at radius 1 is 1.47 bits per heavy atom. The zero-order valence-electron chi connectivity index (χ0n) is 10.6. The molecule has 0 spiro atoms. The lowest BCUT2D eigenvalue weighted by atomic mass is 10.2. The highest BCUT2D eigenvalue weighted by Crippen LogP contribution is 2.26. The Kier molecular flexibility index (Phi) is 5.33. The molecule has 6 nitrogen and oxygen atoms in total. The second-order valence-corrected chi connectivity index (χ2v) is 6.40. The molecule has 0 saturated heterocycles. The first-order chi connectivity index (χ1) is 8.77. The van der Waals surface area contributed by atoms with Crippen molar-refractivity contribution in [2.24, 2.45) is 0 Å². The molecule has 1 aromatic carbocycles. The molecule has 0 heterocycles. The van der Waals surface area contributed by atoms with Gasteiger partial charge in [0.2, 0.25) is 10.0 Å². The number of esters is 1. The highest BCUT2D eigenvalue weighted by molar-refractivity contribution is 9.10. The highest BCUT2D eigenvalue weighted by Gasteiger charge is 2.20. The second kappa shape index (κ2) is 6.36. The van der Waals surface area contributed by atoms with Crippen LogP contribution in [0.3, 0.4) is 0 Å². The molecule has 0 unspecified atom stereocenters. The topological polar surface area (TPSA) is 98.5 Å². The quantitative estimate of drug-likeness (QED) is 0.613. The molecule has 19 heavy (non-hydrogen) atoms. The summed E-state index contributed by atoms with van der Waals surface area (Å²) in [5.74, 6) is -0.633. The minimum Gasteiger partial charge on any atom is -0.465 e. The number of nitrogens with two attached hydrogens (primary N) is 1. The molecule has 0 aliphatic rings. The van der Waals surface area contributed by atoms with Gasteiger partial charge in [0, 0.05) is 10.2 Å². The average Bonchev–Trinajstić information content (AvgIpc) is 2.31.